The summed E-state index contributed by atoms with van der Waals surface area (Å²) in [6.45, 7) is 3.63. The molecule has 2 aromatic rings. The first-order valence-corrected chi connectivity index (χ1v) is 7.23. The molecule has 0 saturated heterocycles. The summed E-state index contributed by atoms with van der Waals surface area (Å²) in [6, 6.07) is 6.34. The van der Waals surface area contributed by atoms with Gasteiger partial charge in [0.2, 0.25) is 0 Å². The Kier molecular flexibility index (Phi) is 3.43. The Labute approximate surface area is 105 Å². The van der Waals surface area contributed by atoms with Gasteiger partial charge in [-0.15, -0.1) is 0 Å². The summed E-state index contributed by atoms with van der Waals surface area (Å²) in [6.07, 6.45) is 0. The third-order valence-electron chi connectivity index (χ3n) is 2.46. The molecule has 0 fully saturated rings. The maximum absolute atomic E-state index is 12.7. The van der Waals surface area contributed by atoms with Gasteiger partial charge in [-0.2, -0.15) is 0 Å². The van der Waals surface area contributed by atoms with Crippen LogP contribution in [0.15, 0.2) is 24.3 Å². The predicted octanol–water partition coefficient (Wildman–Crippen LogP) is 0.325. The van der Waals surface area contributed by atoms with Crippen LogP contribution in [0.2, 0.25) is 0 Å². The Bertz CT molecular complexity index is 520. The van der Waals surface area contributed by atoms with Gasteiger partial charge in [0.05, 0.1) is 0 Å². The Hall–Kier alpha value is -1.41. The standard InChI is InChI=1S/C12H12AsFN2O/c1-7-8(2)15-12(16-11(7)17)13-9-3-5-10(14)6-4-9/h3-6,13H,1-2H3,(H,15,16,17). The van der Waals surface area contributed by atoms with E-state index in [1.807, 2.05) is 6.92 Å². The monoisotopic (exact) mass is 294 g/mol. The molecule has 0 spiro atoms. The molecule has 5 heteroatoms. The van der Waals surface area contributed by atoms with Gasteiger partial charge in [-0.1, -0.05) is 0 Å². The molecule has 2 rings (SSSR count). The predicted molar refractivity (Wildman–Crippen MR) is 66.0 cm³/mol. The van der Waals surface area contributed by atoms with E-state index in [1.165, 1.54) is 12.1 Å². The zero-order chi connectivity index (χ0) is 12.4. The fourth-order valence-electron chi connectivity index (χ4n) is 1.33. The quantitative estimate of drug-likeness (QED) is 0.812. The molecule has 88 valence electrons. The van der Waals surface area contributed by atoms with Crippen molar-refractivity contribution in [2.75, 3.05) is 0 Å². The van der Waals surface area contributed by atoms with Gasteiger partial charge in [-0.05, 0) is 0 Å². The van der Waals surface area contributed by atoms with E-state index in [1.54, 1.807) is 19.1 Å². The van der Waals surface area contributed by atoms with E-state index in [9.17, 15) is 9.50 Å². The second-order valence-electron chi connectivity index (χ2n) is 3.71. The van der Waals surface area contributed by atoms with Crippen molar-refractivity contribution < 1.29 is 9.50 Å². The third kappa shape index (κ3) is 2.83. The van der Waals surface area contributed by atoms with Gasteiger partial charge in [-0.25, -0.2) is 0 Å². The Morgan fingerprint density at radius 1 is 1.12 bits per heavy atom. The molecule has 1 heterocycles. The van der Waals surface area contributed by atoms with Crippen molar-refractivity contribution in [3.8, 4) is 5.88 Å². The van der Waals surface area contributed by atoms with Crippen molar-refractivity contribution >= 4 is 24.7 Å². The Morgan fingerprint density at radius 3 is 2.35 bits per heavy atom. The summed E-state index contributed by atoms with van der Waals surface area (Å²) in [7, 11) is 0. The van der Waals surface area contributed by atoms with Crippen LogP contribution >= 0.6 is 0 Å². The molecule has 0 saturated carbocycles. The average molecular weight is 294 g/mol. The molecule has 0 amide bonds. The van der Waals surface area contributed by atoms with Crippen molar-refractivity contribution in [3.05, 3.63) is 41.3 Å². The van der Waals surface area contributed by atoms with Crippen LogP contribution < -0.4 is 8.96 Å². The van der Waals surface area contributed by atoms with E-state index >= 15 is 0 Å². The van der Waals surface area contributed by atoms with Gasteiger partial charge in [-0.3, -0.25) is 0 Å². The molecule has 0 radical (unpaired) electrons. The van der Waals surface area contributed by atoms with Crippen molar-refractivity contribution in [2.45, 2.75) is 13.8 Å². The third-order valence-corrected chi connectivity index (χ3v) is 4.71. The molecule has 1 aromatic carbocycles. The summed E-state index contributed by atoms with van der Waals surface area (Å²) in [5.41, 5.74) is 1.50. The van der Waals surface area contributed by atoms with Crippen LogP contribution in [0.5, 0.6) is 5.88 Å². The summed E-state index contributed by atoms with van der Waals surface area (Å²) >= 11 is -0.724. The molecule has 1 N–H and O–H groups in total. The SMILES string of the molecule is Cc1nc([AsH]c2ccc(F)cc2)nc(O)c1C. The van der Waals surface area contributed by atoms with E-state index in [2.05, 4.69) is 9.97 Å². The van der Waals surface area contributed by atoms with E-state index in [0.717, 1.165) is 10.0 Å². The number of nitrogens with zero attached hydrogens (tertiary/aromatic N) is 2. The van der Waals surface area contributed by atoms with E-state index in [0.29, 0.717) is 10.2 Å². The number of rotatable bonds is 2. The van der Waals surface area contributed by atoms with Crippen LogP contribution in [0.1, 0.15) is 11.3 Å². The van der Waals surface area contributed by atoms with Gasteiger partial charge < -0.3 is 0 Å². The first-order chi connectivity index (χ1) is 8.06. The molecule has 1 unspecified atom stereocenters. The normalized spacial score (nSPS) is 11.2. The number of aryl methyl sites for hydroxylation is 1. The second kappa shape index (κ2) is 4.84. The molecular weight excluding hydrogens is 282 g/mol. The van der Waals surface area contributed by atoms with Gasteiger partial charge in [0.15, 0.2) is 0 Å². The number of aromatic hydroxyl groups is 1. The van der Waals surface area contributed by atoms with Crippen LogP contribution in [0.4, 0.5) is 4.39 Å². The molecule has 0 aliphatic rings. The molecule has 0 aliphatic heterocycles. The zero-order valence-corrected chi connectivity index (χ0v) is 11.6. The molecule has 17 heavy (non-hydrogen) atoms. The summed E-state index contributed by atoms with van der Waals surface area (Å²) < 4.78 is 14.4. The second-order valence-corrected chi connectivity index (χ2v) is 6.39. The maximum atomic E-state index is 12.7. The molecular formula is C12H12AsFN2O. The summed E-state index contributed by atoms with van der Waals surface area (Å²) in [4.78, 5) is 8.40. The first kappa shape index (κ1) is 12.1. The Morgan fingerprint density at radius 2 is 1.76 bits per heavy atom. The minimum absolute atomic E-state index is 0.0401. The number of halogens is 1. The van der Waals surface area contributed by atoms with Crippen LogP contribution in [0.25, 0.3) is 0 Å². The molecule has 1 atom stereocenters. The summed E-state index contributed by atoms with van der Waals surface area (Å²) in [5, 5.41) is 9.61. The van der Waals surface area contributed by atoms with Crippen LogP contribution in [-0.2, 0) is 0 Å². The van der Waals surface area contributed by atoms with E-state index in [-0.39, 0.29) is 11.7 Å². The van der Waals surface area contributed by atoms with Gasteiger partial charge in [0, 0.05) is 0 Å². The summed E-state index contributed by atoms with van der Waals surface area (Å²) in [5.74, 6) is -0.206. The number of aromatic nitrogens is 2. The fraction of sp³-hybridized carbons (Fsp3) is 0.167. The molecule has 1 aromatic heterocycles. The van der Waals surface area contributed by atoms with Gasteiger partial charge in [0.25, 0.3) is 0 Å². The first-order valence-electron chi connectivity index (χ1n) is 5.13. The average Bonchev–Trinajstić information content (AvgIpc) is 2.29. The molecule has 3 nitrogen and oxygen atoms in total. The Balaban J connectivity index is 2.27. The number of hydrogen-bond acceptors (Lipinski definition) is 3. The number of benzene rings is 1. The van der Waals surface area contributed by atoms with E-state index < -0.39 is 15.8 Å². The van der Waals surface area contributed by atoms with Gasteiger partial charge >= 0.3 is 105 Å². The van der Waals surface area contributed by atoms with Gasteiger partial charge in [0.1, 0.15) is 0 Å². The van der Waals surface area contributed by atoms with Crippen molar-refractivity contribution in [1.82, 2.24) is 9.97 Å². The van der Waals surface area contributed by atoms with Crippen molar-refractivity contribution in [1.29, 1.82) is 0 Å². The molecule has 0 bridgehead atoms. The minimum atomic E-state index is -0.724. The van der Waals surface area contributed by atoms with Crippen LogP contribution in [0, 0.1) is 19.7 Å². The van der Waals surface area contributed by atoms with Crippen molar-refractivity contribution in [3.63, 3.8) is 0 Å². The van der Waals surface area contributed by atoms with E-state index in [4.69, 9.17) is 0 Å². The number of hydrogen-bond donors (Lipinski definition) is 1. The van der Waals surface area contributed by atoms with Crippen LogP contribution in [-0.4, -0.2) is 30.8 Å². The molecule has 0 aliphatic carbocycles. The fourth-order valence-corrected chi connectivity index (χ4v) is 3.38. The zero-order valence-electron chi connectivity index (χ0n) is 9.53. The topological polar surface area (TPSA) is 46.0 Å². The van der Waals surface area contributed by atoms with Crippen molar-refractivity contribution in [2.24, 2.45) is 0 Å². The van der Waals surface area contributed by atoms with Crippen LogP contribution in [0.3, 0.4) is 0 Å².